The average Bonchev–Trinajstić information content (AvgIpc) is 2.77. The Bertz CT molecular complexity index is 485. The fourth-order valence-electron chi connectivity index (χ4n) is 2.34. The van der Waals surface area contributed by atoms with E-state index in [1.807, 2.05) is 0 Å². The molecule has 1 aromatic carbocycles. The quantitative estimate of drug-likeness (QED) is 0.899. The lowest BCUT2D eigenvalue weighted by Crippen LogP contribution is -2.28. The number of hydrogen-bond donors (Lipinski definition) is 1. The van der Waals surface area contributed by atoms with Crippen molar-refractivity contribution >= 4 is 11.6 Å². The molecular formula is C16H21N3O2. The van der Waals surface area contributed by atoms with Crippen molar-refractivity contribution in [1.29, 1.82) is 5.26 Å². The Kier molecular flexibility index (Phi) is 6.20. The summed E-state index contributed by atoms with van der Waals surface area (Å²) in [6.45, 7) is 4.58. The van der Waals surface area contributed by atoms with E-state index in [0.29, 0.717) is 12.0 Å². The molecule has 0 aromatic heterocycles. The van der Waals surface area contributed by atoms with E-state index < -0.39 is 0 Å². The summed E-state index contributed by atoms with van der Waals surface area (Å²) in [5.41, 5.74) is 1.33. The standard InChI is InChI=1S/C16H21N3O2/c17-13-14-4-6-15(7-5-14)18-16(20)3-1-8-19-9-2-11-21-12-10-19/h4-7H,1-3,8-12H2,(H,18,20). The van der Waals surface area contributed by atoms with Crippen molar-refractivity contribution in [3.05, 3.63) is 29.8 Å². The third kappa shape index (κ3) is 5.54. The number of amides is 1. The van der Waals surface area contributed by atoms with Crippen molar-refractivity contribution in [3.8, 4) is 6.07 Å². The van der Waals surface area contributed by atoms with Crippen molar-refractivity contribution in [2.75, 3.05) is 38.2 Å². The van der Waals surface area contributed by atoms with Crippen LogP contribution < -0.4 is 5.32 Å². The zero-order chi connectivity index (χ0) is 14.9. The minimum absolute atomic E-state index is 0.0192. The number of nitriles is 1. The number of hydrogen-bond acceptors (Lipinski definition) is 4. The second-order valence-corrected chi connectivity index (χ2v) is 5.15. The molecule has 1 aromatic rings. The molecule has 1 fully saturated rings. The number of rotatable bonds is 5. The largest absolute Gasteiger partial charge is 0.380 e. The van der Waals surface area contributed by atoms with Crippen LogP contribution in [0, 0.1) is 11.3 Å². The van der Waals surface area contributed by atoms with E-state index in [1.54, 1.807) is 24.3 Å². The predicted octanol–water partition coefficient (Wildman–Crippen LogP) is 2.00. The molecule has 0 saturated carbocycles. The van der Waals surface area contributed by atoms with Gasteiger partial charge in [-0.05, 0) is 43.7 Å². The number of nitrogens with zero attached hydrogens (tertiary/aromatic N) is 2. The van der Waals surface area contributed by atoms with Gasteiger partial charge in [0.25, 0.3) is 0 Å². The zero-order valence-corrected chi connectivity index (χ0v) is 12.2. The minimum atomic E-state index is 0.0192. The lowest BCUT2D eigenvalue weighted by molar-refractivity contribution is -0.116. The molecule has 1 N–H and O–H groups in total. The van der Waals surface area contributed by atoms with Gasteiger partial charge in [-0.15, -0.1) is 0 Å². The first-order valence-corrected chi connectivity index (χ1v) is 7.38. The molecule has 21 heavy (non-hydrogen) atoms. The molecule has 0 bridgehead atoms. The summed E-state index contributed by atoms with van der Waals surface area (Å²) >= 11 is 0. The third-order valence-electron chi connectivity index (χ3n) is 3.49. The van der Waals surface area contributed by atoms with Gasteiger partial charge < -0.3 is 15.0 Å². The molecule has 0 unspecified atom stereocenters. The van der Waals surface area contributed by atoms with Crippen molar-refractivity contribution < 1.29 is 9.53 Å². The molecule has 1 aliphatic rings. The highest BCUT2D eigenvalue weighted by Gasteiger charge is 2.09. The van der Waals surface area contributed by atoms with Gasteiger partial charge in [0.1, 0.15) is 0 Å². The van der Waals surface area contributed by atoms with Crippen molar-refractivity contribution in [1.82, 2.24) is 4.90 Å². The highest BCUT2D eigenvalue weighted by Crippen LogP contribution is 2.10. The molecule has 1 amide bonds. The lowest BCUT2D eigenvalue weighted by atomic mass is 10.2. The molecule has 2 rings (SSSR count). The molecule has 112 valence electrons. The highest BCUT2D eigenvalue weighted by molar-refractivity contribution is 5.90. The van der Waals surface area contributed by atoms with Crippen molar-refractivity contribution in [3.63, 3.8) is 0 Å². The second-order valence-electron chi connectivity index (χ2n) is 5.15. The van der Waals surface area contributed by atoms with Crippen LogP contribution in [0.3, 0.4) is 0 Å². The summed E-state index contributed by atoms with van der Waals surface area (Å²) in [4.78, 5) is 14.2. The van der Waals surface area contributed by atoms with E-state index in [2.05, 4.69) is 16.3 Å². The summed E-state index contributed by atoms with van der Waals surface area (Å²) in [5.74, 6) is 0.0192. The van der Waals surface area contributed by atoms with Gasteiger partial charge >= 0.3 is 0 Å². The predicted molar refractivity (Wildman–Crippen MR) is 80.9 cm³/mol. The molecule has 0 aliphatic carbocycles. The van der Waals surface area contributed by atoms with Gasteiger partial charge in [0.2, 0.25) is 5.91 Å². The number of carbonyl (C=O) groups is 1. The van der Waals surface area contributed by atoms with Crippen LogP contribution in [0.2, 0.25) is 0 Å². The maximum atomic E-state index is 11.9. The summed E-state index contributed by atoms with van der Waals surface area (Å²) < 4.78 is 5.41. The normalized spacial score (nSPS) is 16.0. The first-order chi connectivity index (χ1) is 10.3. The summed E-state index contributed by atoms with van der Waals surface area (Å²) in [5, 5.41) is 11.6. The van der Waals surface area contributed by atoms with Crippen LogP contribution in [0.25, 0.3) is 0 Å². The smallest absolute Gasteiger partial charge is 0.224 e. The number of ether oxygens (including phenoxy) is 1. The zero-order valence-electron chi connectivity index (χ0n) is 12.2. The molecular weight excluding hydrogens is 266 g/mol. The van der Waals surface area contributed by atoms with Gasteiger partial charge in [0.15, 0.2) is 0 Å². The Labute approximate surface area is 125 Å². The molecule has 1 saturated heterocycles. The Morgan fingerprint density at radius 1 is 1.29 bits per heavy atom. The first-order valence-electron chi connectivity index (χ1n) is 7.38. The van der Waals surface area contributed by atoms with Crippen LogP contribution in [0.1, 0.15) is 24.8 Å². The average molecular weight is 287 g/mol. The van der Waals surface area contributed by atoms with E-state index >= 15 is 0 Å². The van der Waals surface area contributed by atoms with Gasteiger partial charge in [0.05, 0.1) is 18.2 Å². The number of nitrogens with one attached hydrogen (secondary N) is 1. The Hall–Kier alpha value is -1.90. The maximum absolute atomic E-state index is 11.9. The SMILES string of the molecule is N#Cc1ccc(NC(=O)CCCN2CCCOCC2)cc1. The number of carbonyl (C=O) groups excluding carboxylic acids is 1. The van der Waals surface area contributed by atoms with Crippen LogP contribution in [0.15, 0.2) is 24.3 Å². The topological polar surface area (TPSA) is 65.4 Å². The van der Waals surface area contributed by atoms with Crippen LogP contribution in [-0.2, 0) is 9.53 Å². The number of benzene rings is 1. The van der Waals surface area contributed by atoms with Crippen LogP contribution in [0.5, 0.6) is 0 Å². The minimum Gasteiger partial charge on any atom is -0.380 e. The molecule has 0 radical (unpaired) electrons. The molecule has 1 aliphatic heterocycles. The second kappa shape index (κ2) is 8.40. The summed E-state index contributed by atoms with van der Waals surface area (Å²) in [6.07, 6.45) is 2.43. The fraction of sp³-hybridized carbons (Fsp3) is 0.500. The van der Waals surface area contributed by atoms with E-state index in [9.17, 15) is 4.79 Å². The van der Waals surface area contributed by atoms with Gasteiger partial charge in [0, 0.05) is 31.8 Å². The van der Waals surface area contributed by atoms with Crippen LogP contribution >= 0.6 is 0 Å². The van der Waals surface area contributed by atoms with Crippen molar-refractivity contribution in [2.24, 2.45) is 0 Å². The van der Waals surface area contributed by atoms with Crippen LogP contribution in [0.4, 0.5) is 5.69 Å². The molecule has 0 atom stereocenters. The Balaban J connectivity index is 1.68. The van der Waals surface area contributed by atoms with Gasteiger partial charge in [-0.25, -0.2) is 0 Å². The molecule has 5 nitrogen and oxygen atoms in total. The molecule has 1 heterocycles. The summed E-state index contributed by atoms with van der Waals surface area (Å²) in [6, 6.07) is 8.96. The van der Waals surface area contributed by atoms with E-state index in [0.717, 1.165) is 51.4 Å². The van der Waals surface area contributed by atoms with Crippen molar-refractivity contribution in [2.45, 2.75) is 19.3 Å². The monoisotopic (exact) mass is 287 g/mol. The van der Waals surface area contributed by atoms with Gasteiger partial charge in [-0.2, -0.15) is 5.26 Å². The highest BCUT2D eigenvalue weighted by atomic mass is 16.5. The van der Waals surface area contributed by atoms with Gasteiger partial charge in [-0.1, -0.05) is 0 Å². The molecule has 0 spiro atoms. The number of anilines is 1. The van der Waals surface area contributed by atoms with Gasteiger partial charge in [-0.3, -0.25) is 4.79 Å². The first kappa shape index (κ1) is 15.5. The van der Waals surface area contributed by atoms with Crippen LogP contribution in [-0.4, -0.2) is 43.7 Å². The fourth-order valence-corrected chi connectivity index (χ4v) is 2.34. The summed E-state index contributed by atoms with van der Waals surface area (Å²) in [7, 11) is 0. The Morgan fingerprint density at radius 3 is 2.86 bits per heavy atom. The third-order valence-corrected chi connectivity index (χ3v) is 3.49. The maximum Gasteiger partial charge on any atom is 0.224 e. The lowest BCUT2D eigenvalue weighted by Gasteiger charge is -2.18. The Morgan fingerprint density at radius 2 is 2.10 bits per heavy atom. The van der Waals surface area contributed by atoms with E-state index in [4.69, 9.17) is 10.00 Å². The van der Waals surface area contributed by atoms with E-state index in [-0.39, 0.29) is 5.91 Å². The molecule has 5 heteroatoms. The van der Waals surface area contributed by atoms with E-state index in [1.165, 1.54) is 0 Å².